The Labute approximate surface area is 215 Å². The van der Waals surface area contributed by atoms with Gasteiger partial charge in [0.1, 0.15) is 28.7 Å². The van der Waals surface area contributed by atoms with E-state index in [0.717, 1.165) is 6.07 Å². The van der Waals surface area contributed by atoms with E-state index < -0.39 is 46.6 Å². The molecule has 1 aliphatic heterocycles. The highest BCUT2D eigenvalue weighted by Crippen LogP contribution is 2.53. The number of esters is 1. The Morgan fingerprint density at radius 3 is 2.34 bits per heavy atom. The number of carbonyl (C=O) groups excluding carboxylic acids is 1. The molecule has 188 valence electrons. The van der Waals surface area contributed by atoms with E-state index in [0.29, 0.717) is 6.42 Å². The number of benzene rings is 2. The lowest BCUT2D eigenvalue weighted by Gasteiger charge is -2.37. The van der Waals surface area contributed by atoms with Crippen LogP contribution in [0.4, 0.5) is 8.78 Å². The molecule has 35 heavy (non-hydrogen) atoms. The maximum Gasteiger partial charge on any atom is 0.324 e. The summed E-state index contributed by atoms with van der Waals surface area (Å²) in [6.45, 7) is 11.1. The van der Waals surface area contributed by atoms with Crippen LogP contribution in [0.1, 0.15) is 65.0 Å². The largest absolute Gasteiger partial charge is 0.459 e. The van der Waals surface area contributed by atoms with Gasteiger partial charge in [-0.15, -0.1) is 0 Å². The predicted octanol–water partition coefficient (Wildman–Crippen LogP) is 6.94. The lowest BCUT2D eigenvalue weighted by atomic mass is 9.62. The summed E-state index contributed by atoms with van der Waals surface area (Å²) < 4.78 is 36.7. The van der Waals surface area contributed by atoms with E-state index >= 15 is 8.78 Å². The van der Waals surface area contributed by atoms with Crippen molar-refractivity contribution in [3.63, 3.8) is 0 Å². The van der Waals surface area contributed by atoms with Crippen molar-refractivity contribution in [1.82, 2.24) is 5.32 Å². The quantitative estimate of drug-likeness (QED) is 0.442. The summed E-state index contributed by atoms with van der Waals surface area (Å²) in [6, 6.07) is 8.90. The van der Waals surface area contributed by atoms with Crippen LogP contribution in [0.3, 0.4) is 0 Å². The van der Waals surface area contributed by atoms with E-state index in [-0.39, 0.29) is 26.6 Å². The first-order valence-corrected chi connectivity index (χ1v) is 12.2. The number of nitrogens with one attached hydrogen (secondary N) is 1. The molecule has 2 aromatic carbocycles. The van der Waals surface area contributed by atoms with Crippen molar-refractivity contribution in [3.05, 3.63) is 69.2 Å². The number of hydrogen-bond acceptors (Lipinski definition) is 4. The molecule has 0 unspecified atom stereocenters. The van der Waals surface area contributed by atoms with E-state index in [4.69, 9.17) is 27.9 Å². The highest BCUT2D eigenvalue weighted by molar-refractivity contribution is 6.31. The second kappa shape index (κ2) is 9.69. The third-order valence-corrected chi connectivity index (χ3v) is 6.64. The van der Waals surface area contributed by atoms with Crippen molar-refractivity contribution in [1.29, 1.82) is 5.26 Å². The van der Waals surface area contributed by atoms with Crippen LogP contribution in [-0.4, -0.2) is 23.7 Å². The summed E-state index contributed by atoms with van der Waals surface area (Å²) in [7, 11) is 0. The van der Waals surface area contributed by atoms with Gasteiger partial charge in [-0.3, -0.25) is 10.1 Å². The Morgan fingerprint density at radius 1 is 1.14 bits per heavy atom. The molecule has 3 rings (SSSR count). The number of ether oxygens (including phenoxy) is 1. The average Bonchev–Trinajstić information content (AvgIpc) is 3.02. The molecule has 4 atom stereocenters. The van der Waals surface area contributed by atoms with Gasteiger partial charge in [0.05, 0.1) is 11.1 Å². The van der Waals surface area contributed by atoms with Gasteiger partial charge in [-0.05, 0) is 56.4 Å². The summed E-state index contributed by atoms with van der Waals surface area (Å²) >= 11 is 12.1. The number of hydrogen-bond donors (Lipinski definition) is 1. The zero-order chi connectivity index (χ0) is 26.3. The number of nitriles is 1. The average molecular weight is 523 g/mol. The molecule has 0 spiro atoms. The molecule has 1 fully saturated rings. The Kier molecular flexibility index (Phi) is 7.58. The lowest BCUT2D eigenvalue weighted by Crippen LogP contribution is -2.45. The topological polar surface area (TPSA) is 62.1 Å². The molecule has 1 saturated heterocycles. The molecule has 0 saturated carbocycles. The van der Waals surface area contributed by atoms with Gasteiger partial charge in [-0.1, -0.05) is 62.2 Å². The minimum atomic E-state index is -1.67. The third-order valence-electron chi connectivity index (χ3n) is 6.11. The molecule has 4 nitrogen and oxygen atoms in total. The van der Waals surface area contributed by atoms with E-state index in [1.165, 1.54) is 24.3 Å². The van der Waals surface area contributed by atoms with Crippen molar-refractivity contribution in [2.75, 3.05) is 0 Å². The monoisotopic (exact) mass is 522 g/mol. The summed E-state index contributed by atoms with van der Waals surface area (Å²) in [5.41, 5.74) is -2.76. The van der Waals surface area contributed by atoms with Gasteiger partial charge in [-0.25, -0.2) is 8.78 Å². The van der Waals surface area contributed by atoms with E-state index in [1.807, 2.05) is 20.8 Å². The van der Waals surface area contributed by atoms with Crippen molar-refractivity contribution in [2.45, 2.75) is 77.0 Å². The molecule has 2 aromatic rings. The van der Waals surface area contributed by atoms with Gasteiger partial charge in [0.2, 0.25) is 0 Å². The molecule has 0 amide bonds. The number of rotatable bonds is 4. The first kappa shape index (κ1) is 27.4. The third kappa shape index (κ3) is 5.48. The number of halogens is 4. The maximum absolute atomic E-state index is 15.5. The van der Waals surface area contributed by atoms with Crippen LogP contribution in [0.15, 0.2) is 36.4 Å². The van der Waals surface area contributed by atoms with Crippen LogP contribution in [0.2, 0.25) is 10.0 Å². The SMILES string of the molecule is CC(C)(C)C[C@@H]1N[C@@H](C(=O)OC(C)(C)C)[C@H](c2cccc(Cl)c2F)[C@@]1(C#N)c1ccc(Cl)cc1F. The zero-order valence-electron chi connectivity index (χ0n) is 20.7. The summed E-state index contributed by atoms with van der Waals surface area (Å²) in [4.78, 5) is 13.5. The summed E-state index contributed by atoms with van der Waals surface area (Å²) in [5.74, 6) is -3.27. The zero-order valence-corrected chi connectivity index (χ0v) is 22.2. The summed E-state index contributed by atoms with van der Waals surface area (Å²) in [6.07, 6.45) is 0.389. The minimum Gasteiger partial charge on any atom is -0.459 e. The summed E-state index contributed by atoms with van der Waals surface area (Å²) in [5, 5.41) is 14.0. The van der Waals surface area contributed by atoms with Gasteiger partial charge in [0.25, 0.3) is 0 Å². The van der Waals surface area contributed by atoms with E-state index in [2.05, 4.69) is 11.4 Å². The Morgan fingerprint density at radius 2 is 1.80 bits per heavy atom. The van der Waals surface area contributed by atoms with Crippen molar-refractivity contribution in [3.8, 4) is 6.07 Å². The fourth-order valence-corrected chi connectivity index (χ4v) is 5.24. The molecule has 0 aliphatic carbocycles. The van der Waals surface area contributed by atoms with Crippen LogP contribution in [0.25, 0.3) is 0 Å². The maximum atomic E-state index is 15.5. The fourth-order valence-electron chi connectivity index (χ4n) is 4.90. The molecule has 1 aliphatic rings. The van der Waals surface area contributed by atoms with Gasteiger partial charge in [0.15, 0.2) is 0 Å². The molecular weight excluding hydrogens is 493 g/mol. The lowest BCUT2D eigenvalue weighted by molar-refractivity contribution is -0.157. The Bertz CT molecular complexity index is 1170. The second-order valence-corrected chi connectivity index (χ2v) is 12.1. The molecule has 0 aromatic heterocycles. The molecule has 0 radical (unpaired) electrons. The molecular formula is C27H30Cl2F2N2O2. The van der Waals surface area contributed by atoms with Gasteiger partial charge in [0, 0.05) is 22.5 Å². The standard InChI is InChI=1S/C27H30Cl2F2N2O2/c1-25(2,3)13-20-27(14-32,17-11-10-15(28)12-19(17)30)21(16-8-7-9-18(29)22(16)31)23(33-20)24(34)35-26(4,5)6/h7-12,20-21,23,33H,13H2,1-6H3/t20-,21-,23+,27-/m0/s1. The first-order chi connectivity index (χ1) is 16.1. The Hall–Kier alpha value is -2.20. The van der Waals surface area contributed by atoms with Crippen LogP contribution < -0.4 is 5.32 Å². The van der Waals surface area contributed by atoms with Gasteiger partial charge < -0.3 is 4.74 Å². The van der Waals surface area contributed by atoms with E-state index in [1.54, 1.807) is 26.8 Å². The molecule has 8 heteroatoms. The fraction of sp³-hybridized carbons (Fsp3) is 0.481. The van der Waals surface area contributed by atoms with Crippen LogP contribution in [0, 0.1) is 28.4 Å². The molecule has 0 bridgehead atoms. The van der Waals surface area contributed by atoms with Crippen LogP contribution in [0.5, 0.6) is 0 Å². The highest BCUT2D eigenvalue weighted by atomic mass is 35.5. The van der Waals surface area contributed by atoms with Gasteiger partial charge >= 0.3 is 5.97 Å². The van der Waals surface area contributed by atoms with Crippen molar-refractivity contribution >= 4 is 29.2 Å². The predicted molar refractivity (Wildman–Crippen MR) is 133 cm³/mol. The van der Waals surface area contributed by atoms with Crippen LogP contribution >= 0.6 is 23.2 Å². The van der Waals surface area contributed by atoms with Crippen LogP contribution in [-0.2, 0) is 14.9 Å². The normalized spacial score (nSPS) is 24.8. The first-order valence-electron chi connectivity index (χ1n) is 11.4. The smallest absolute Gasteiger partial charge is 0.324 e. The highest BCUT2D eigenvalue weighted by Gasteiger charge is 2.61. The van der Waals surface area contributed by atoms with Crippen molar-refractivity contribution in [2.24, 2.45) is 5.41 Å². The molecule has 1 N–H and O–H groups in total. The van der Waals surface area contributed by atoms with Crippen molar-refractivity contribution < 1.29 is 18.3 Å². The second-order valence-electron chi connectivity index (χ2n) is 11.2. The number of carbonyl (C=O) groups is 1. The van der Waals surface area contributed by atoms with E-state index in [9.17, 15) is 10.1 Å². The molecule has 1 heterocycles. The minimum absolute atomic E-state index is 0.0292. The Balaban J connectivity index is 2.37. The number of nitrogens with zero attached hydrogens (tertiary/aromatic N) is 1. The van der Waals surface area contributed by atoms with Gasteiger partial charge in [-0.2, -0.15) is 5.26 Å².